The first kappa shape index (κ1) is 22.9. The third-order valence-corrected chi connectivity index (χ3v) is 4.70. The van der Waals surface area contributed by atoms with Gasteiger partial charge in [-0.15, -0.1) is 0 Å². The Kier molecular flexibility index (Phi) is 7.88. The number of anilines is 1. The van der Waals surface area contributed by atoms with Crippen molar-refractivity contribution in [2.24, 2.45) is 0 Å². The Hall–Kier alpha value is -3.78. The van der Waals surface area contributed by atoms with Gasteiger partial charge in [0.1, 0.15) is 12.4 Å². The van der Waals surface area contributed by atoms with E-state index in [1.807, 2.05) is 48.5 Å². The molecule has 3 aromatic rings. The topological polar surface area (TPSA) is 78.1 Å². The lowest BCUT2D eigenvalue weighted by atomic mass is 10.1. The van der Waals surface area contributed by atoms with Crippen LogP contribution in [0.4, 0.5) is 5.69 Å². The Bertz CT molecular complexity index is 1060. The highest BCUT2D eigenvalue weighted by Gasteiger charge is 2.17. The maximum Gasteiger partial charge on any atom is 0.257 e. The van der Waals surface area contributed by atoms with E-state index < -0.39 is 5.91 Å². The van der Waals surface area contributed by atoms with Crippen LogP contribution in [0.25, 0.3) is 0 Å². The average molecular weight is 453 g/mol. The van der Waals surface area contributed by atoms with E-state index in [0.717, 1.165) is 5.56 Å². The Morgan fingerprint density at radius 2 is 1.56 bits per heavy atom. The number of carbonyl (C=O) groups excluding carboxylic acids is 1. The highest BCUT2D eigenvalue weighted by Crippen LogP contribution is 2.38. The van der Waals surface area contributed by atoms with Crippen LogP contribution in [-0.4, -0.2) is 32.3 Å². The molecule has 0 saturated carbocycles. The van der Waals surface area contributed by atoms with Gasteiger partial charge in [0.25, 0.3) is 5.91 Å². The number of rotatable bonds is 8. The fraction of sp³-hybridized carbons (Fsp3) is 0.167. The number of carbonyl (C=O) groups is 1. The Labute approximate surface area is 192 Å². The molecule has 0 bridgehead atoms. The lowest BCUT2D eigenvalue weighted by molar-refractivity contribution is 0.0977. The molecule has 3 aromatic carbocycles. The summed E-state index contributed by atoms with van der Waals surface area (Å²) in [4.78, 5) is 12.7. The van der Waals surface area contributed by atoms with Crippen molar-refractivity contribution in [1.29, 1.82) is 0 Å². The van der Waals surface area contributed by atoms with Crippen LogP contribution in [0.2, 0.25) is 0 Å². The summed E-state index contributed by atoms with van der Waals surface area (Å²) in [7, 11) is 4.47. The van der Waals surface area contributed by atoms with E-state index >= 15 is 0 Å². The molecule has 0 atom stereocenters. The zero-order chi connectivity index (χ0) is 22.9. The minimum atomic E-state index is -0.418. The zero-order valence-electron chi connectivity index (χ0n) is 18.0. The number of methoxy groups -OCH3 is 3. The van der Waals surface area contributed by atoms with E-state index in [2.05, 4.69) is 10.6 Å². The van der Waals surface area contributed by atoms with E-state index in [1.165, 1.54) is 21.3 Å². The zero-order valence-corrected chi connectivity index (χ0v) is 18.8. The number of hydrogen-bond acceptors (Lipinski definition) is 6. The first-order valence-corrected chi connectivity index (χ1v) is 10.1. The van der Waals surface area contributed by atoms with Crippen LogP contribution in [0.15, 0.2) is 66.7 Å². The van der Waals surface area contributed by atoms with Gasteiger partial charge in [0.2, 0.25) is 5.75 Å². The number of hydrogen-bond donors (Lipinski definition) is 2. The van der Waals surface area contributed by atoms with Crippen molar-refractivity contribution >= 4 is 28.9 Å². The number of ether oxygens (including phenoxy) is 4. The maximum atomic E-state index is 12.7. The number of thiocarbonyl (C=S) groups is 1. The van der Waals surface area contributed by atoms with Crippen LogP contribution >= 0.6 is 12.2 Å². The van der Waals surface area contributed by atoms with Crippen molar-refractivity contribution < 1.29 is 23.7 Å². The molecule has 0 saturated heterocycles. The van der Waals surface area contributed by atoms with Gasteiger partial charge in [0, 0.05) is 17.3 Å². The van der Waals surface area contributed by atoms with Crippen LogP contribution in [0, 0.1) is 0 Å². The van der Waals surface area contributed by atoms with E-state index in [9.17, 15) is 4.79 Å². The van der Waals surface area contributed by atoms with Crippen LogP contribution in [0.5, 0.6) is 23.0 Å². The number of nitrogens with one attached hydrogen (secondary N) is 2. The lowest BCUT2D eigenvalue weighted by Crippen LogP contribution is -2.34. The molecule has 0 aromatic heterocycles. The number of amides is 1. The molecule has 0 aliphatic heterocycles. The summed E-state index contributed by atoms with van der Waals surface area (Å²) in [6.45, 7) is 0.451. The van der Waals surface area contributed by atoms with E-state index in [1.54, 1.807) is 18.2 Å². The predicted octanol–water partition coefficient (Wildman–Crippen LogP) is 4.42. The third-order valence-electron chi connectivity index (χ3n) is 4.49. The van der Waals surface area contributed by atoms with Gasteiger partial charge in [-0.1, -0.05) is 36.4 Å². The van der Waals surface area contributed by atoms with Crippen LogP contribution in [-0.2, 0) is 6.61 Å². The molecule has 1 amide bonds. The van der Waals surface area contributed by atoms with Gasteiger partial charge in [-0.05, 0) is 42.0 Å². The van der Waals surface area contributed by atoms with E-state index in [0.29, 0.717) is 40.9 Å². The molecule has 0 spiro atoms. The van der Waals surface area contributed by atoms with Crippen molar-refractivity contribution in [3.05, 3.63) is 77.9 Å². The molecule has 7 nitrogen and oxygen atoms in total. The van der Waals surface area contributed by atoms with Gasteiger partial charge in [-0.2, -0.15) is 0 Å². The first-order valence-electron chi connectivity index (χ1n) is 9.73. The fourth-order valence-electron chi connectivity index (χ4n) is 2.95. The van der Waals surface area contributed by atoms with Gasteiger partial charge in [-0.3, -0.25) is 10.1 Å². The summed E-state index contributed by atoms with van der Waals surface area (Å²) >= 11 is 5.30. The minimum Gasteiger partial charge on any atom is -0.493 e. The Morgan fingerprint density at radius 3 is 2.19 bits per heavy atom. The second-order valence-corrected chi connectivity index (χ2v) is 7.03. The second-order valence-electron chi connectivity index (χ2n) is 6.62. The third kappa shape index (κ3) is 5.89. The average Bonchev–Trinajstić information content (AvgIpc) is 2.82. The molecular formula is C24H24N2O5S. The largest absolute Gasteiger partial charge is 0.493 e. The highest BCUT2D eigenvalue weighted by molar-refractivity contribution is 7.80. The summed E-state index contributed by atoms with van der Waals surface area (Å²) in [6.07, 6.45) is 0. The van der Waals surface area contributed by atoms with Crippen LogP contribution in [0.3, 0.4) is 0 Å². The van der Waals surface area contributed by atoms with Crippen molar-refractivity contribution in [1.82, 2.24) is 5.32 Å². The van der Waals surface area contributed by atoms with Crippen LogP contribution in [0.1, 0.15) is 15.9 Å². The highest BCUT2D eigenvalue weighted by atomic mass is 32.1. The van der Waals surface area contributed by atoms with E-state index in [4.69, 9.17) is 31.2 Å². The molecule has 32 heavy (non-hydrogen) atoms. The normalized spacial score (nSPS) is 10.1. The van der Waals surface area contributed by atoms with Gasteiger partial charge in [0.05, 0.1) is 21.3 Å². The molecular weight excluding hydrogens is 428 g/mol. The summed E-state index contributed by atoms with van der Waals surface area (Å²) in [5.41, 5.74) is 2.06. The number of benzene rings is 3. The quantitative estimate of drug-likeness (QED) is 0.490. The summed E-state index contributed by atoms with van der Waals surface area (Å²) in [5, 5.41) is 5.79. The maximum absolute atomic E-state index is 12.7. The van der Waals surface area contributed by atoms with Gasteiger partial charge in [0.15, 0.2) is 16.6 Å². The molecule has 0 radical (unpaired) electrons. The van der Waals surface area contributed by atoms with E-state index in [-0.39, 0.29) is 5.11 Å². The van der Waals surface area contributed by atoms with Gasteiger partial charge in [-0.25, -0.2) is 0 Å². The molecule has 2 N–H and O–H groups in total. The lowest BCUT2D eigenvalue weighted by Gasteiger charge is -2.15. The SMILES string of the molecule is COc1cc(C(=O)NC(=S)Nc2cccc(OCc3ccccc3)c2)cc(OC)c1OC. The summed E-state index contributed by atoms with van der Waals surface area (Å²) in [5.74, 6) is 1.41. The van der Waals surface area contributed by atoms with Gasteiger partial charge < -0.3 is 24.3 Å². The molecule has 166 valence electrons. The minimum absolute atomic E-state index is 0.143. The van der Waals surface area contributed by atoms with Crippen molar-refractivity contribution in [2.75, 3.05) is 26.6 Å². The van der Waals surface area contributed by atoms with Gasteiger partial charge >= 0.3 is 0 Å². The monoisotopic (exact) mass is 452 g/mol. The van der Waals surface area contributed by atoms with Crippen molar-refractivity contribution in [3.8, 4) is 23.0 Å². The molecule has 0 fully saturated rings. The molecule has 0 heterocycles. The summed E-state index contributed by atoms with van der Waals surface area (Å²) in [6, 6.07) is 20.3. The summed E-state index contributed by atoms with van der Waals surface area (Å²) < 4.78 is 21.7. The molecule has 3 rings (SSSR count). The Balaban J connectivity index is 1.64. The molecule has 0 aliphatic rings. The fourth-order valence-corrected chi connectivity index (χ4v) is 3.16. The van der Waals surface area contributed by atoms with Crippen molar-refractivity contribution in [2.45, 2.75) is 6.61 Å². The smallest absolute Gasteiger partial charge is 0.257 e. The second kappa shape index (κ2) is 11.0. The predicted molar refractivity (Wildman–Crippen MR) is 127 cm³/mol. The van der Waals surface area contributed by atoms with Crippen LogP contribution < -0.4 is 29.6 Å². The van der Waals surface area contributed by atoms with Crippen molar-refractivity contribution in [3.63, 3.8) is 0 Å². The standard InChI is InChI=1S/C24H24N2O5S/c1-28-20-12-17(13-21(29-2)22(20)30-3)23(27)26-24(32)25-18-10-7-11-19(14-18)31-15-16-8-5-4-6-9-16/h4-14H,15H2,1-3H3,(H2,25,26,27,32). The molecule has 0 unspecified atom stereocenters. The Morgan fingerprint density at radius 1 is 0.875 bits per heavy atom. The first-order chi connectivity index (χ1) is 15.5. The molecule has 0 aliphatic carbocycles. The molecule has 8 heteroatoms.